The lowest BCUT2D eigenvalue weighted by Crippen LogP contribution is -2.42. The van der Waals surface area contributed by atoms with Crippen molar-refractivity contribution in [3.8, 4) is 0 Å². The van der Waals surface area contributed by atoms with E-state index in [1.165, 1.54) is 0 Å². The smallest absolute Gasteiger partial charge is 0.475 e. The van der Waals surface area contributed by atoms with Gasteiger partial charge in [-0.05, 0) is 37.4 Å². The summed E-state index contributed by atoms with van der Waals surface area (Å²) in [6.45, 7) is 3.26. The van der Waals surface area contributed by atoms with Gasteiger partial charge in [0.15, 0.2) is 0 Å². The SMILES string of the molecule is O=C(NCc1ccccn1)[C@@H]1C[C@@H]2CCN(Cc3nccs3)C[C@@H]2O1.O=C(O)C(F)(F)F.O=C(O)C(F)(F)F. The number of carbonyl (C=O) groups excluding carboxylic acids is 1. The van der Waals surface area contributed by atoms with Crippen molar-refractivity contribution in [2.45, 2.75) is 50.5 Å². The van der Waals surface area contributed by atoms with E-state index in [1.54, 1.807) is 17.5 Å². The van der Waals surface area contributed by atoms with E-state index in [0.29, 0.717) is 12.5 Å². The number of alkyl halides is 6. The van der Waals surface area contributed by atoms with E-state index < -0.39 is 24.3 Å². The predicted molar refractivity (Wildman–Crippen MR) is 122 cm³/mol. The van der Waals surface area contributed by atoms with Gasteiger partial charge in [-0.3, -0.25) is 14.7 Å². The van der Waals surface area contributed by atoms with Crippen molar-refractivity contribution >= 4 is 29.2 Å². The lowest BCUT2D eigenvalue weighted by Gasteiger charge is -2.33. The summed E-state index contributed by atoms with van der Waals surface area (Å²) < 4.78 is 69.5. The summed E-state index contributed by atoms with van der Waals surface area (Å²) >= 11 is 1.69. The predicted octanol–water partition coefficient (Wildman–Crippen LogP) is 3.10. The number of hydrogen-bond acceptors (Lipinski definition) is 8. The van der Waals surface area contributed by atoms with Gasteiger partial charge in [0.05, 0.1) is 24.9 Å². The highest BCUT2D eigenvalue weighted by molar-refractivity contribution is 7.09. The number of amides is 1. The van der Waals surface area contributed by atoms with Crippen molar-refractivity contribution in [1.29, 1.82) is 0 Å². The number of thiazole rings is 1. The minimum atomic E-state index is -5.08. The number of piperidine rings is 1. The van der Waals surface area contributed by atoms with Crippen LogP contribution in [0.1, 0.15) is 23.5 Å². The Morgan fingerprint density at radius 2 is 1.69 bits per heavy atom. The number of ether oxygens (including phenoxy) is 1. The number of nitrogens with one attached hydrogen (secondary N) is 1. The molecule has 0 aromatic carbocycles. The molecular formula is C22H24F6N4O6S. The molecule has 17 heteroatoms. The van der Waals surface area contributed by atoms with Crippen LogP contribution in [-0.2, 0) is 32.2 Å². The highest BCUT2D eigenvalue weighted by Gasteiger charge is 2.42. The number of aromatic nitrogens is 2. The van der Waals surface area contributed by atoms with Crippen molar-refractivity contribution in [3.63, 3.8) is 0 Å². The first-order valence-corrected chi connectivity index (χ1v) is 12.1. The Bertz CT molecular complexity index is 1050. The van der Waals surface area contributed by atoms with E-state index in [1.807, 2.05) is 29.8 Å². The van der Waals surface area contributed by atoms with Crippen molar-refractivity contribution < 1.29 is 55.7 Å². The molecule has 4 rings (SSSR count). The van der Waals surface area contributed by atoms with Gasteiger partial charge < -0.3 is 20.3 Å². The van der Waals surface area contributed by atoms with Gasteiger partial charge in [0.25, 0.3) is 0 Å². The fraction of sp³-hybridized carbons (Fsp3) is 0.500. The average molecular weight is 587 g/mol. The van der Waals surface area contributed by atoms with Gasteiger partial charge in [-0.25, -0.2) is 14.6 Å². The molecule has 0 aliphatic carbocycles. The summed E-state index contributed by atoms with van der Waals surface area (Å²) in [5.74, 6) is -5.05. The zero-order valence-corrected chi connectivity index (χ0v) is 20.8. The Morgan fingerprint density at radius 3 is 2.21 bits per heavy atom. The van der Waals surface area contributed by atoms with Gasteiger partial charge in [0, 0.05) is 24.3 Å². The zero-order valence-electron chi connectivity index (χ0n) is 20.0. The third-order valence-electron chi connectivity index (χ3n) is 5.43. The molecule has 2 fully saturated rings. The first-order valence-electron chi connectivity index (χ1n) is 11.2. The fourth-order valence-corrected chi connectivity index (χ4v) is 4.28. The molecule has 2 saturated heterocycles. The number of likely N-dealkylation sites (tertiary alicyclic amines) is 1. The Hall–Kier alpha value is -3.31. The molecule has 2 aliphatic heterocycles. The second kappa shape index (κ2) is 14.2. The molecule has 0 spiro atoms. The van der Waals surface area contributed by atoms with E-state index in [-0.39, 0.29) is 18.1 Å². The quantitative estimate of drug-likeness (QED) is 0.451. The van der Waals surface area contributed by atoms with Crippen LogP contribution in [0, 0.1) is 5.92 Å². The Morgan fingerprint density at radius 1 is 1.05 bits per heavy atom. The summed E-state index contributed by atoms with van der Waals surface area (Å²) in [5, 5.41) is 20.3. The zero-order chi connectivity index (χ0) is 29.2. The summed E-state index contributed by atoms with van der Waals surface area (Å²) in [4.78, 5) is 41.2. The van der Waals surface area contributed by atoms with Crippen molar-refractivity contribution in [2.24, 2.45) is 5.92 Å². The molecule has 216 valence electrons. The summed E-state index contributed by atoms with van der Waals surface area (Å²) in [6, 6.07) is 5.70. The largest absolute Gasteiger partial charge is 0.490 e. The molecule has 3 atom stereocenters. The molecule has 3 N–H and O–H groups in total. The van der Waals surface area contributed by atoms with Gasteiger partial charge in [-0.15, -0.1) is 11.3 Å². The minimum absolute atomic E-state index is 0.0217. The first-order chi connectivity index (χ1) is 18.2. The highest BCUT2D eigenvalue weighted by atomic mass is 32.1. The topological polar surface area (TPSA) is 142 Å². The van der Waals surface area contributed by atoms with E-state index >= 15 is 0 Å². The Kier molecular flexibility index (Phi) is 11.6. The second-order valence-electron chi connectivity index (χ2n) is 8.25. The number of rotatable bonds is 5. The van der Waals surface area contributed by atoms with Crippen molar-refractivity contribution in [2.75, 3.05) is 13.1 Å². The number of carbonyl (C=O) groups is 3. The molecule has 2 aliphatic rings. The molecule has 0 saturated carbocycles. The number of carboxylic acid groups (broad SMARTS) is 2. The standard InChI is InChI=1S/C18H22N4O2S.2C2HF3O2/c23-18(21-10-14-3-1-2-5-19-14)15-9-13-4-7-22(11-16(13)24-15)12-17-20-6-8-25-17;2*3-2(4,5)1(6)7/h1-3,5-6,8,13,15-16H,4,7,9-12H2,(H,21,23);2*(H,6,7)/t13-,15-,16-;;/m0../s1. The van der Waals surface area contributed by atoms with E-state index in [4.69, 9.17) is 24.5 Å². The minimum Gasteiger partial charge on any atom is -0.475 e. The number of nitrogens with zero attached hydrogens (tertiary/aromatic N) is 3. The Labute approximate surface area is 221 Å². The normalized spacial score (nSPS) is 20.9. The number of halogens is 6. The van der Waals surface area contributed by atoms with Gasteiger partial charge >= 0.3 is 24.3 Å². The molecule has 10 nitrogen and oxygen atoms in total. The maximum atomic E-state index is 12.4. The van der Waals surface area contributed by atoms with Crippen LogP contribution in [0.3, 0.4) is 0 Å². The van der Waals surface area contributed by atoms with E-state index in [9.17, 15) is 31.1 Å². The lowest BCUT2D eigenvalue weighted by molar-refractivity contribution is -0.193. The van der Waals surface area contributed by atoms with Crippen molar-refractivity contribution in [1.82, 2.24) is 20.2 Å². The van der Waals surface area contributed by atoms with Crippen LogP contribution < -0.4 is 5.32 Å². The van der Waals surface area contributed by atoms with Gasteiger partial charge in [0.2, 0.25) is 5.91 Å². The van der Waals surface area contributed by atoms with E-state index in [0.717, 1.165) is 43.2 Å². The van der Waals surface area contributed by atoms with Gasteiger partial charge in [-0.2, -0.15) is 26.3 Å². The summed E-state index contributed by atoms with van der Waals surface area (Å²) in [5.41, 5.74) is 0.862. The molecule has 0 radical (unpaired) electrons. The number of pyridine rings is 1. The van der Waals surface area contributed by atoms with Crippen LogP contribution in [0.2, 0.25) is 0 Å². The third kappa shape index (κ3) is 11.1. The third-order valence-corrected chi connectivity index (χ3v) is 6.19. The van der Waals surface area contributed by atoms with Crippen LogP contribution >= 0.6 is 11.3 Å². The number of aliphatic carboxylic acids is 2. The summed E-state index contributed by atoms with van der Waals surface area (Å²) in [6.07, 6.45) is -4.86. The molecule has 0 bridgehead atoms. The first kappa shape index (κ1) is 31.9. The number of fused-ring (bicyclic) bond motifs is 1. The Balaban J connectivity index is 0.000000317. The second-order valence-corrected chi connectivity index (χ2v) is 9.23. The van der Waals surface area contributed by atoms with Crippen LogP contribution in [0.15, 0.2) is 36.0 Å². The maximum Gasteiger partial charge on any atom is 0.490 e. The molecule has 2 aromatic rings. The molecule has 2 aromatic heterocycles. The van der Waals surface area contributed by atoms with Gasteiger partial charge in [0.1, 0.15) is 11.1 Å². The molecule has 39 heavy (non-hydrogen) atoms. The van der Waals surface area contributed by atoms with E-state index in [2.05, 4.69) is 20.2 Å². The molecule has 4 heterocycles. The highest BCUT2D eigenvalue weighted by Crippen LogP contribution is 2.34. The number of carboxylic acids is 2. The van der Waals surface area contributed by atoms with Crippen LogP contribution in [0.5, 0.6) is 0 Å². The molecule has 0 unspecified atom stereocenters. The number of hydrogen-bond donors (Lipinski definition) is 3. The molecular weight excluding hydrogens is 562 g/mol. The fourth-order valence-electron chi connectivity index (χ4n) is 3.62. The summed E-state index contributed by atoms with van der Waals surface area (Å²) in [7, 11) is 0. The van der Waals surface area contributed by atoms with Crippen molar-refractivity contribution in [3.05, 3.63) is 46.7 Å². The van der Waals surface area contributed by atoms with Gasteiger partial charge in [-0.1, -0.05) is 6.07 Å². The van der Waals surface area contributed by atoms with Crippen LogP contribution in [0.4, 0.5) is 26.3 Å². The van der Waals surface area contributed by atoms with Crippen LogP contribution in [0.25, 0.3) is 0 Å². The maximum absolute atomic E-state index is 12.4. The van der Waals surface area contributed by atoms with Crippen LogP contribution in [-0.4, -0.2) is 80.6 Å². The average Bonchev–Trinajstić information content (AvgIpc) is 3.52. The lowest BCUT2D eigenvalue weighted by atomic mass is 9.91. The molecule has 1 amide bonds. The monoisotopic (exact) mass is 586 g/mol.